The number of aromatic nitrogens is 2. The van der Waals surface area contributed by atoms with Crippen molar-refractivity contribution in [1.29, 1.82) is 0 Å². The van der Waals surface area contributed by atoms with Crippen LogP contribution in [0.15, 0.2) is 4.90 Å². The van der Waals surface area contributed by atoms with Gasteiger partial charge in [0.25, 0.3) is 0 Å². The van der Waals surface area contributed by atoms with Gasteiger partial charge in [-0.3, -0.25) is 4.68 Å². The van der Waals surface area contributed by atoms with Crippen molar-refractivity contribution >= 4 is 10.0 Å². The molecule has 0 aromatic carbocycles. The average Bonchev–Trinajstić information content (AvgIpc) is 2.61. The highest BCUT2D eigenvalue weighted by molar-refractivity contribution is 7.89. The fourth-order valence-corrected chi connectivity index (χ4v) is 3.96. The predicted molar refractivity (Wildman–Crippen MR) is 78.1 cm³/mol. The molecule has 0 aliphatic rings. The molecule has 1 aromatic heterocycles. The van der Waals surface area contributed by atoms with Crippen molar-refractivity contribution in [1.82, 2.24) is 14.1 Å². The molecule has 0 atom stereocenters. The van der Waals surface area contributed by atoms with E-state index in [4.69, 9.17) is 5.11 Å². The Morgan fingerprint density at radius 3 is 2.45 bits per heavy atom. The predicted octanol–water partition coefficient (Wildman–Crippen LogP) is 1.16. The third-order valence-electron chi connectivity index (χ3n) is 3.13. The summed E-state index contributed by atoms with van der Waals surface area (Å²) in [6.45, 7) is 8.49. The van der Waals surface area contributed by atoms with Crippen LogP contribution in [-0.2, 0) is 16.6 Å². The van der Waals surface area contributed by atoms with Crippen molar-refractivity contribution in [2.24, 2.45) is 5.92 Å². The zero-order valence-electron chi connectivity index (χ0n) is 12.9. The lowest BCUT2D eigenvalue weighted by atomic mass is 10.2. The highest BCUT2D eigenvalue weighted by Crippen LogP contribution is 2.23. The van der Waals surface area contributed by atoms with E-state index in [0.717, 1.165) is 0 Å². The van der Waals surface area contributed by atoms with Gasteiger partial charge in [0.05, 0.1) is 11.4 Å². The molecule has 0 radical (unpaired) electrons. The SMILES string of the molecule is Cc1nn(CCCO)c(C)c1S(=O)(=O)N(C)CC(C)C. The molecule has 0 aliphatic heterocycles. The third-order valence-corrected chi connectivity index (χ3v) is 5.21. The van der Waals surface area contributed by atoms with Crippen LogP contribution in [0.25, 0.3) is 0 Å². The van der Waals surface area contributed by atoms with Crippen molar-refractivity contribution in [2.45, 2.75) is 45.6 Å². The molecule has 1 rings (SSSR count). The van der Waals surface area contributed by atoms with E-state index < -0.39 is 10.0 Å². The molecule has 0 saturated heterocycles. The van der Waals surface area contributed by atoms with Crippen LogP contribution in [0.4, 0.5) is 0 Å². The van der Waals surface area contributed by atoms with E-state index in [1.807, 2.05) is 13.8 Å². The van der Waals surface area contributed by atoms with Gasteiger partial charge in [0.15, 0.2) is 0 Å². The molecular weight excluding hydrogens is 278 g/mol. The summed E-state index contributed by atoms with van der Waals surface area (Å²) in [6.07, 6.45) is 0.559. The van der Waals surface area contributed by atoms with Crippen LogP contribution in [-0.4, -0.2) is 47.8 Å². The van der Waals surface area contributed by atoms with E-state index in [1.54, 1.807) is 25.6 Å². The molecule has 6 nitrogen and oxygen atoms in total. The molecule has 0 unspecified atom stereocenters. The fourth-order valence-electron chi connectivity index (χ4n) is 2.26. The Kier molecular flexibility index (Phi) is 5.73. The summed E-state index contributed by atoms with van der Waals surface area (Å²) < 4.78 is 28.3. The second-order valence-corrected chi connectivity index (χ2v) is 7.46. The van der Waals surface area contributed by atoms with Gasteiger partial charge in [-0.05, 0) is 26.2 Å². The molecule has 0 spiro atoms. The van der Waals surface area contributed by atoms with Crippen molar-refractivity contribution in [2.75, 3.05) is 20.2 Å². The first kappa shape index (κ1) is 17.1. The van der Waals surface area contributed by atoms with E-state index in [1.165, 1.54) is 4.31 Å². The van der Waals surface area contributed by atoms with Gasteiger partial charge in [-0.15, -0.1) is 0 Å². The normalized spacial score (nSPS) is 12.6. The molecule has 1 heterocycles. The molecule has 7 heteroatoms. The van der Waals surface area contributed by atoms with Gasteiger partial charge in [-0.1, -0.05) is 13.8 Å². The van der Waals surface area contributed by atoms with Crippen LogP contribution in [0.3, 0.4) is 0 Å². The standard InChI is InChI=1S/C13H25N3O3S/c1-10(2)9-15(5)20(18,19)13-11(3)14-16(12(13)4)7-6-8-17/h10,17H,6-9H2,1-5H3. The molecule has 20 heavy (non-hydrogen) atoms. The number of aryl methyl sites for hydroxylation is 2. The smallest absolute Gasteiger partial charge is 0.246 e. The lowest BCUT2D eigenvalue weighted by molar-refractivity contribution is 0.276. The Bertz CT molecular complexity index is 549. The number of hydrogen-bond acceptors (Lipinski definition) is 4. The fraction of sp³-hybridized carbons (Fsp3) is 0.769. The molecule has 0 amide bonds. The van der Waals surface area contributed by atoms with Crippen LogP contribution in [0.1, 0.15) is 31.7 Å². The van der Waals surface area contributed by atoms with E-state index in [2.05, 4.69) is 5.10 Å². The van der Waals surface area contributed by atoms with E-state index in [9.17, 15) is 8.42 Å². The summed E-state index contributed by atoms with van der Waals surface area (Å²) in [5.74, 6) is 0.264. The highest BCUT2D eigenvalue weighted by atomic mass is 32.2. The van der Waals surface area contributed by atoms with Crippen LogP contribution in [0.2, 0.25) is 0 Å². The Labute approximate surface area is 121 Å². The summed E-state index contributed by atoms with van der Waals surface area (Å²) >= 11 is 0. The largest absolute Gasteiger partial charge is 0.396 e. The second kappa shape index (κ2) is 6.69. The topological polar surface area (TPSA) is 75.4 Å². The van der Waals surface area contributed by atoms with Crippen LogP contribution in [0.5, 0.6) is 0 Å². The maximum absolute atomic E-state index is 12.6. The molecule has 0 aliphatic carbocycles. The molecule has 0 fully saturated rings. The minimum Gasteiger partial charge on any atom is -0.396 e. The summed E-state index contributed by atoms with van der Waals surface area (Å²) in [5.41, 5.74) is 1.14. The third kappa shape index (κ3) is 3.59. The van der Waals surface area contributed by atoms with Gasteiger partial charge in [-0.2, -0.15) is 5.10 Å². The Balaban J connectivity index is 3.15. The van der Waals surface area contributed by atoms with Crippen LogP contribution in [0, 0.1) is 19.8 Å². The number of nitrogens with zero attached hydrogens (tertiary/aromatic N) is 3. The minimum atomic E-state index is -3.51. The highest BCUT2D eigenvalue weighted by Gasteiger charge is 2.28. The monoisotopic (exact) mass is 303 g/mol. The molecule has 116 valence electrons. The Morgan fingerprint density at radius 1 is 1.35 bits per heavy atom. The quantitative estimate of drug-likeness (QED) is 0.820. The molecule has 0 saturated carbocycles. The van der Waals surface area contributed by atoms with Crippen LogP contribution < -0.4 is 0 Å². The number of rotatable bonds is 7. The zero-order chi connectivity index (χ0) is 15.5. The van der Waals surface area contributed by atoms with E-state index >= 15 is 0 Å². The number of aliphatic hydroxyl groups excluding tert-OH is 1. The van der Waals surface area contributed by atoms with Crippen molar-refractivity contribution < 1.29 is 13.5 Å². The maximum atomic E-state index is 12.6. The van der Waals surface area contributed by atoms with Gasteiger partial charge < -0.3 is 5.11 Å². The Morgan fingerprint density at radius 2 is 1.95 bits per heavy atom. The van der Waals surface area contributed by atoms with E-state index in [-0.39, 0.29) is 12.5 Å². The average molecular weight is 303 g/mol. The summed E-state index contributed by atoms with van der Waals surface area (Å²) in [6, 6.07) is 0. The number of aliphatic hydroxyl groups is 1. The zero-order valence-corrected chi connectivity index (χ0v) is 13.7. The number of sulfonamides is 1. The minimum absolute atomic E-state index is 0.0632. The van der Waals surface area contributed by atoms with Crippen molar-refractivity contribution in [3.05, 3.63) is 11.4 Å². The molecule has 1 N–H and O–H groups in total. The second-order valence-electron chi connectivity index (χ2n) is 5.48. The van der Waals surface area contributed by atoms with Crippen LogP contribution >= 0.6 is 0 Å². The van der Waals surface area contributed by atoms with Gasteiger partial charge in [0, 0.05) is 26.7 Å². The first-order valence-corrected chi connectivity index (χ1v) is 8.27. The van der Waals surface area contributed by atoms with E-state index in [0.29, 0.717) is 35.8 Å². The van der Waals surface area contributed by atoms with Gasteiger partial charge in [-0.25, -0.2) is 12.7 Å². The molecular formula is C13H25N3O3S. The molecule has 0 bridgehead atoms. The lowest BCUT2D eigenvalue weighted by Crippen LogP contribution is -2.31. The van der Waals surface area contributed by atoms with Gasteiger partial charge in [0.2, 0.25) is 10.0 Å². The maximum Gasteiger partial charge on any atom is 0.246 e. The number of hydrogen-bond donors (Lipinski definition) is 1. The summed E-state index contributed by atoms with van der Waals surface area (Å²) in [5, 5.41) is 13.1. The van der Waals surface area contributed by atoms with Gasteiger partial charge in [0.1, 0.15) is 4.90 Å². The molecule has 1 aromatic rings. The lowest BCUT2D eigenvalue weighted by Gasteiger charge is -2.19. The van der Waals surface area contributed by atoms with Gasteiger partial charge >= 0.3 is 0 Å². The summed E-state index contributed by atoms with van der Waals surface area (Å²) in [4.78, 5) is 0.290. The Hall–Kier alpha value is -0.920. The first-order valence-electron chi connectivity index (χ1n) is 6.83. The summed E-state index contributed by atoms with van der Waals surface area (Å²) in [7, 11) is -1.92. The first-order chi connectivity index (χ1) is 9.21. The van der Waals surface area contributed by atoms with Crippen molar-refractivity contribution in [3.63, 3.8) is 0 Å². The van der Waals surface area contributed by atoms with Crippen molar-refractivity contribution in [3.8, 4) is 0 Å².